The standard InChI is InChI=1S/C24H29N7O/c1-16-15-26-24(29-23(16)28-21-6-4-5-20(17(21)2)22(25)32)27-18-7-9-19(10-8-18)31-13-11-30(3)12-14-31/h4-10,15H,11-14H2,1-3H3,(H2,25,32)(H2,26,27,28,29). The maximum Gasteiger partial charge on any atom is 0.249 e. The van der Waals surface area contributed by atoms with Crippen molar-refractivity contribution in [1.29, 1.82) is 0 Å². The Morgan fingerprint density at radius 3 is 2.41 bits per heavy atom. The fourth-order valence-electron chi connectivity index (χ4n) is 3.74. The van der Waals surface area contributed by atoms with Gasteiger partial charge in [0, 0.05) is 60.6 Å². The van der Waals surface area contributed by atoms with Crippen molar-refractivity contribution in [2.75, 3.05) is 48.8 Å². The van der Waals surface area contributed by atoms with E-state index in [1.807, 2.05) is 32.0 Å². The van der Waals surface area contributed by atoms with E-state index in [1.54, 1.807) is 18.3 Å². The van der Waals surface area contributed by atoms with Gasteiger partial charge in [-0.3, -0.25) is 4.79 Å². The molecule has 1 fully saturated rings. The van der Waals surface area contributed by atoms with Crippen LogP contribution >= 0.6 is 0 Å². The maximum atomic E-state index is 11.6. The third-order valence-corrected chi connectivity index (χ3v) is 5.82. The van der Waals surface area contributed by atoms with E-state index in [9.17, 15) is 4.79 Å². The van der Waals surface area contributed by atoms with Crippen LogP contribution in [0.1, 0.15) is 21.5 Å². The Morgan fingerprint density at radius 1 is 1.00 bits per heavy atom. The lowest BCUT2D eigenvalue weighted by Crippen LogP contribution is -2.44. The number of primary amides is 1. The highest BCUT2D eigenvalue weighted by Gasteiger charge is 2.14. The van der Waals surface area contributed by atoms with Gasteiger partial charge in [0.1, 0.15) is 5.82 Å². The fourth-order valence-corrected chi connectivity index (χ4v) is 3.74. The lowest BCUT2D eigenvalue weighted by molar-refractivity contribution is 0.0999. The van der Waals surface area contributed by atoms with Crippen molar-refractivity contribution in [1.82, 2.24) is 14.9 Å². The summed E-state index contributed by atoms with van der Waals surface area (Å²) in [6.07, 6.45) is 1.77. The Bertz CT molecular complexity index is 1110. The molecule has 0 unspecified atom stereocenters. The number of nitrogens with zero attached hydrogens (tertiary/aromatic N) is 4. The van der Waals surface area contributed by atoms with Gasteiger partial charge in [0.2, 0.25) is 11.9 Å². The summed E-state index contributed by atoms with van der Waals surface area (Å²) in [5, 5.41) is 6.58. The lowest BCUT2D eigenvalue weighted by Gasteiger charge is -2.34. The van der Waals surface area contributed by atoms with Gasteiger partial charge < -0.3 is 26.2 Å². The van der Waals surface area contributed by atoms with Crippen LogP contribution in [0.2, 0.25) is 0 Å². The van der Waals surface area contributed by atoms with Crippen LogP contribution in [0, 0.1) is 13.8 Å². The van der Waals surface area contributed by atoms with E-state index in [2.05, 4.69) is 49.6 Å². The van der Waals surface area contributed by atoms with Crippen molar-refractivity contribution in [2.24, 2.45) is 5.73 Å². The number of aromatic nitrogens is 2. The molecule has 0 saturated carbocycles. The molecule has 0 bridgehead atoms. The minimum atomic E-state index is -0.451. The first-order chi connectivity index (χ1) is 15.4. The number of piperazine rings is 1. The minimum Gasteiger partial charge on any atom is -0.369 e. The summed E-state index contributed by atoms with van der Waals surface area (Å²) in [7, 11) is 2.16. The number of rotatable bonds is 6. The Balaban J connectivity index is 1.48. The summed E-state index contributed by atoms with van der Waals surface area (Å²) < 4.78 is 0. The second kappa shape index (κ2) is 9.23. The first-order valence-electron chi connectivity index (χ1n) is 10.7. The van der Waals surface area contributed by atoms with Crippen LogP contribution in [-0.2, 0) is 0 Å². The number of nitrogens with two attached hydrogens (primary N) is 1. The zero-order valence-corrected chi connectivity index (χ0v) is 18.7. The number of aryl methyl sites for hydroxylation is 1. The number of hydrogen-bond donors (Lipinski definition) is 3. The van der Waals surface area contributed by atoms with Gasteiger partial charge in [0.15, 0.2) is 0 Å². The average molecular weight is 432 g/mol. The molecule has 0 spiro atoms. The van der Waals surface area contributed by atoms with Gasteiger partial charge >= 0.3 is 0 Å². The summed E-state index contributed by atoms with van der Waals surface area (Å²) in [4.78, 5) is 25.4. The molecule has 1 aromatic heterocycles. The van der Waals surface area contributed by atoms with E-state index in [1.165, 1.54) is 5.69 Å². The van der Waals surface area contributed by atoms with Crippen LogP contribution in [0.5, 0.6) is 0 Å². The van der Waals surface area contributed by atoms with Gasteiger partial charge in [-0.05, 0) is 62.9 Å². The molecule has 8 heteroatoms. The lowest BCUT2D eigenvalue weighted by atomic mass is 10.1. The largest absolute Gasteiger partial charge is 0.369 e. The van der Waals surface area contributed by atoms with Crippen LogP contribution in [0.4, 0.5) is 28.8 Å². The second-order valence-electron chi connectivity index (χ2n) is 8.15. The number of hydrogen-bond acceptors (Lipinski definition) is 7. The Morgan fingerprint density at radius 2 is 1.72 bits per heavy atom. The van der Waals surface area contributed by atoms with E-state index in [-0.39, 0.29) is 0 Å². The fraction of sp³-hybridized carbons (Fsp3) is 0.292. The summed E-state index contributed by atoms with van der Waals surface area (Å²) in [5.41, 5.74) is 10.6. The molecule has 1 amide bonds. The van der Waals surface area contributed by atoms with Crippen LogP contribution < -0.4 is 21.3 Å². The molecule has 3 aromatic rings. The number of carbonyl (C=O) groups is 1. The number of anilines is 5. The molecule has 8 nitrogen and oxygen atoms in total. The van der Waals surface area contributed by atoms with E-state index in [0.717, 1.165) is 48.7 Å². The molecule has 166 valence electrons. The highest BCUT2D eigenvalue weighted by atomic mass is 16.1. The molecule has 1 aliphatic rings. The normalized spacial score (nSPS) is 14.3. The number of carbonyl (C=O) groups excluding carboxylic acids is 1. The second-order valence-corrected chi connectivity index (χ2v) is 8.15. The highest BCUT2D eigenvalue weighted by Crippen LogP contribution is 2.26. The molecule has 0 aliphatic carbocycles. The molecule has 4 N–H and O–H groups in total. The third-order valence-electron chi connectivity index (χ3n) is 5.82. The molecule has 2 heterocycles. The zero-order valence-electron chi connectivity index (χ0n) is 18.7. The van der Waals surface area contributed by atoms with Gasteiger partial charge in [-0.15, -0.1) is 0 Å². The number of likely N-dealkylation sites (N-methyl/N-ethyl adjacent to an activating group) is 1. The average Bonchev–Trinajstić information content (AvgIpc) is 2.78. The van der Waals surface area contributed by atoms with Crippen LogP contribution in [0.3, 0.4) is 0 Å². The van der Waals surface area contributed by atoms with E-state index in [0.29, 0.717) is 17.3 Å². The monoisotopic (exact) mass is 431 g/mol. The summed E-state index contributed by atoms with van der Waals surface area (Å²) in [5.74, 6) is 0.711. The van der Waals surface area contributed by atoms with Crippen molar-refractivity contribution >= 4 is 34.7 Å². The maximum absolute atomic E-state index is 11.6. The first-order valence-corrected chi connectivity index (χ1v) is 10.7. The molecule has 0 atom stereocenters. The Kier molecular flexibility index (Phi) is 6.23. The smallest absolute Gasteiger partial charge is 0.249 e. The molecular weight excluding hydrogens is 402 g/mol. The Hall–Kier alpha value is -3.65. The van der Waals surface area contributed by atoms with Gasteiger partial charge in [-0.1, -0.05) is 6.07 Å². The first kappa shape index (κ1) is 21.6. The van der Waals surface area contributed by atoms with E-state index < -0.39 is 5.91 Å². The zero-order chi connectivity index (χ0) is 22.7. The summed E-state index contributed by atoms with van der Waals surface area (Å²) in [6.45, 7) is 8.03. The van der Waals surface area contributed by atoms with Gasteiger partial charge in [0.05, 0.1) is 0 Å². The van der Waals surface area contributed by atoms with Crippen LogP contribution in [0.25, 0.3) is 0 Å². The highest BCUT2D eigenvalue weighted by molar-refractivity contribution is 5.96. The SMILES string of the molecule is Cc1cnc(Nc2ccc(N3CCN(C)CC3)cc2)nc1Nc1cccc(C(N)=O)c1C. The minimum absolute atomic E-state index is 0.451. The summed E-state index contributed by atoms with van der Waals surface area (Å²) >= 11 is 0. The number of nitrogens with one attached hydrogen (secondary N) is 2. The van der Waals surface area contributed by atoms with Crippen molar-refractivity contribution in [3.05, 3.63) is 65.4 Å². The molecule has 4 rings (SSSR count). The van der Waals surface area contributed by atoms with Crippen LogP contribution in [0.15, 0.2) is 48.7 Å². The molecule has 1 aliphatic heterocycles. The third kappa shape index (κ3) is 4.81. The predicted molar refractivity (Wildman–Crippen MR) is 129 cm³/mol. The number of benzene rings is 2. The molecule has 2 aromatic carbocycles. The predicted octanol–water partition coefficient (Wildman–Crippen LogP) is 3.43. The van der Waals surface area contributed by atoms with Crippen molar-refractivity contribution < 1.29 is 4.79 Å². The van der Waals surface area contributed by atoms with Crippen molar-refractivity contribution in [3.8, 4) is 0 Å². The number of amides is 1. The molecule has 1 saturated heterocycles. The summed E-state index contributed by atoms with van der Waals surface area (Å²) in [6, 6.07) is 13.8. The quantitative estimate of drug-likeness (QED) is 0.550. The molecule has 32 heavy (non-hydrogen) atoms. The topological polar surface area (TPSA) is 99.4 Å². The van der Waals surface area contributed by atoms with Crippen LogP contribution in [-0.4, -0.2) is 54.0 Å². The van der Waals surface area contributed by atoms with Gasteiger partial charge in [0.25, 0.3) is 0 Å². The van der Waals surface area contributed by atoms with E-state index >= 15 is 0 Å². The Labute approximate surface area is 188 Å². The molecule has 0 radical (unpaired) electrons. The van der Waals surface area contributed by atoms with Gasteiger partial charge in [-0.2, -0.15) is 4.98 Å². The molecular formula is C24H29N7O. The van der Waals surface area contributed by atoms with Crippen molar-refractivity contribution in [3.63, 3.8) is 0 Å². The van der Waals surface area contributed by atoms with Crippen molar-refractivity contribution in [2.45, 2.75) is 13.8 Å². The van der Waals surface area contributed by atoms with E-state index in [4.69, 9.17) is 5.73 Å². The van der Waals surface area contributed by atoms with Gasteiger partial charge in [-0.25, -0.2) is 4.98 Å².